The van der Waals surface area contributed by atoms with E-state index in [0.29, 0.717) is 16.6 Å². The quantitative estimate of drug-likeness (QED) is 0.809. The molecule has 114 valence electrons. The highest BCUT2D eigenvalue weighted by atomic mass is 35.5. The number of sulfonamides is 1. The fourth-order valence-electron chi connectivity index (χ4n) is 1.68. The molecule has 0 aliphatic carbocycles. The summed E-state index contributed by atoms with van der Waals surface area (Å²) in [5, 5.41) is 3.09. The Bertz CT molecular complexity index is 701. The molecular formula is C13H16ClN3O2S2. The number of hydrogen-bond acceptors (Lipinski definition) is 5. The standard InChI is InChI=1S/C13H16ClN3O2S2/c1-2-7-15-11-4-3-8-16-13(11)21(18,19)17-9-10-5-6-12(14)20-10/h3-6,8,15,17H,2,7,9H2,1H3. The summed E-state index contributed by atoms with van der Waals surface area (Å²) in [5.41, 5.74) is 0.510. The molecule has 0 aliphatic heterocycles. The maximum absolute atomic E-state index is 12.4. The Labute approximate surface area is 133 Å². The first-order valence-electron chi connectivity index (χ1n) is 6.45. The monoisotopic (exact) mass is 345 g/mol. The normalized spacial score (nSPS) is 11.5. The Balaban J connectivity index is 2.15. The number of anilines is 1. The van der Waals surface area contributed by atoms with Crippen molar-refractivity contribution in [3.8, 4) is 0 Å². The summed E-state index contributed by atoms with van der Waals surface area (Å²) >= 11 is 7.17. The summed E-state index contributed by atoms with van der Waals surface area (Å²) in [6.45, 7) is 2.90. The number of thiophene rings is 1. The van der Waals surface area contributed by atoms with Gasteiger partial charge in [-0.2, -0.15) is 0 Å². The van der Waals surface area contributed by atoms with E-state index in [1.165, 1.54) is 17.5 Å². The average molecular weight is 346 g/mol. The van der Waals surface area contributed by atoms with Gasteiger partial charge in [0, 0.05) is 24.2 Å². The van der Waals surface area contributed by atoms with Crippen LogP contribution in [-0.4, -0.2) is 19.9 Å². The topological polar surface area (TPSA) is 71.1 Å². The van der Waals surface area contributed by atoms with Gasteiger partial charge >= 0.3 is 0 Å². The molecule has 0 radical (unpaired) electrons. The number of aromatic nitrogens is 1. The lowest BCUT2D eigenvalue weighted by atomic mass is 10.4. The molecule has 0 aromatic carbocycles. The zero-order valence-electron chi connectivity index (χ0n) is 11.5. The van der Waals surface area contributed by atoms with Crippen LogP contribution < -0.4 is 10.0 Å². The first-order chi connectivity index (χ1) is 10.0. The third-order valence-corrected chi connectivity index (χ3v) is 5.25. The van der Waals surface area contributed by atoms with Crippen LogP contribution in [0.25, 0.3) is 0 Å². The van der Waals surface area contributed by atoms with E-state index in [1.807, 2.05) is 6.92 Å². The average Bonchev–Trinajstić information content (AvgIpc) is 2.89. The van der Waals surface area contributed by atoms with E-state index < -0.39 is 10.0 Å². The SMILES string of the molecule is CCCNc1cccnc1S(=O)(=O)NCc1ccc(Cl)s1. The van der Waals surface area contributed by atoms with Gasteiger partial charge in [0.05, 0.1) is 10.0 Å². The molecule has 21 heavy (non-hydrogen) atoms. The molecule has 8 heteroatoms. The summed E-state index contributed by atoms with van der Waals surface area (Å²) in [7, 11) is -3.67. The zero-order valence-corrected chi connectivity index (χ0v) is 13.9. The van der Waals surface area contributed by atoms with E-state index in [4.69, 9.17) is 11.6 Å². The van der Waals surface area contributed by atoms with Gasteiger partial charge in [0.1, 0.15) is 0 Å². The van der Waals surface area contributed by atoms with Crippen molar-refractivity contribution in [1.82, 2.24) is 9.71 Å². The van der Waals surface area contributed by atoms with E-state index >= 15 is 0 Å². The first kappa shape index (κ1) is 16.2. The molecule has 0 aliphatic rings. The van der Waals surface area contributed by atoms with Crippen LogP contribution in [0.4, 0.5) is 5.69 Å². The molecule has 0 unspecified atom stereocenters. The minimum Gasteiger partial charge on any atom is -0.383 e. The number of nitrogens with one attached hydrogen (secondary N) is 2. The molecule has 0 amide bonds. The van der Waals surface area contributed by atoms with Gasteiger partial charge in [0.2, 0.25) is 0 Å². The van der Waals surface area contributed by atoms with E-state index in [9.17, 15) is 8.42 Å². The Kier molecular flexibility index (Phi) is 5.58. The van der Waals surface area contributed by atoms with Crippen molar-refractivity contribution in [2.45, 2.75) is 24.9 Å². The van der Waals surface area contributed by atoms with Gasteiger partial charge in [-0.3, -0.25) is 0 Å². The first-order valence-corrected chi connectivity index (χ1v) is 9.13. The molecule has 0 fully saturated rings. The van der Waals surface area contributed by atoms with Gasteiger partial charge in [0.25, 0.3) is 10.0 Å². The zero-order chi connectivity index (χ0) is 15.3. The Morgan fingerprint density at radius 1 is 1.33 bits per heavy atom. The van der Waals surface area contributed by atoms with E-state index in [1.54, 1.807) is 24.3 Å². The molecule has 0 bridgehead atoms. The molecule has 2 N–H and O–H groups in total. The second-order valence-corrected chi connectivity index (χ2v) is 7.80. The molecule has 5 nitrogen and oxygen atoms in total. The molecule has 0 saturated carbocycles. The summed E-state index contributed by atoms with van der Waals surface area (Å²) < 4.78 is 27.9. The number of pyridine rings is 1. The van der Waals surface area contributed by atoms with Gasteiger partial charge in [-0.25, -0.2) is 18.1 Å². The van der Waals surface area contributed by atoms with Crippen LogP contribution in [0.1, 0.15) is 18.2 Å². The molecule has 2 heterocycles. The lowest BCUT2D eigenvalue weighted by Gasteiger charge is -2.11. The molecule has 0 saturated heterocycles. The van der Waals surface area contributed by atoms with Crippen LogP contribution in [0.3, 0.4) is 0 Å². The molecule has 2 aromatic heterocycles. The van der Waals surface area contributed by atoms with Crippen molar-refractivity contribution in [3.63, 3.8) is 0 Å². The van der Waals surface area contributed by atoms with Crippen molar-refractivity contribution in [2.24, 2.45) is 0 Å². The van der Waals surface area contributed by atoms with Crippen LogP contribution >= 0.6 is 22.9 Å². The predicted octanol–water partition coefficient (Wildman–Crippen LogP) is 3.10. The molecule has 2 rings (SSSR count). The lowest BCUT2D eigenvalue weighted by molar-refractivity contribution is 0.578. The summed E-state index contributed by atoms with van der Waals surface area (Å²) in [5.74, 6) is 0. The van der Waals surface area contributed by atoms with Crippen LogP contribution in [-0.2, 0) is 16.6 Å². The summed E-state index contributed by atoms with van der Waals surface area (Å²) in [4.78, 5) is 4.83. The minimum absolute atomic E-state index is 0.0149. The molecule has 0 spiro atoms. The van der Waals surface area contributed by atoms with Crippen molar-refractivity contribution < 1.29 is 8.42 Å². The largest absolute Gasteiger partial charge is 0.383 e. The van der Waals surface area contributed by atoms with E-state index in [-0.39, 0.29) is 11.6 Å². The van der Waals surface area contributed by atoms with Crippen molar-refractivity contribution in [2.75, 3.05) is 11.9 Å². The van der Waals surface area contributed by atoms with Gasteiger partial charge in [-0.15, -0.1) is 11.3 Å². The van der Waals surface area contributed by atoms with Crippen LogP contribution in [0.5, 0.6) is 0 Å². The van der Waals surface area contributed by atoms with Crippen molar-refractivity contribution in [1.29, 1.82) is 0 Å². The maximum atomic E-state index is 12.4. The Hall–Kier alpha value is -1.15. The summed E-state index contributed by atoms with van der Waals surface area (Å²) in [6, 6.07) is 6.95. The van der Waals surface area contributed by atoms with Gasteiger partial charge < -0.3 is 5.32 Å². The number of rotatable bonds is 7. The fraction of sp³-hybridized carbons (Fsp3) is 0.308. The minimum atomic E-state index is -3.67. The highest BCUT2D eigenvalue weighted by Crippen LogP contribution is 2.22. The van der Waals surface area contributed by atoms with Crippen LogP contribution in [0.2, 0.25) is 4.34 Å². The lowest BCUT2D eigenvalue weighted by Crippen LogP contribution is -2.25. The third kappa shape index (κ3) is 4.41. The molecule has 2 aromatic rings. The number of halogens is 1. The summed E-state index contributed by atoms with van der Waals surface area (Å²) in [6.07, 6.45) is 2.36. The highest BCUT2D eigenvalue weighted by molar-refractivity contribution is 7.89. The molecular weight excluding hydrogens is 330 g/mol. The second-order valence-electron chi connectivity index (χ2n) is 4.31. The van der Waals surface area contributed by atoms with Gasteiger partial charge in [0.15, 0.2) is 5.03 Å². The Morgan fingerprint density at radius 2 is 2.14 bits per heavy atom. The van der Waals surface area contributed by atoms with Crippen molar-refractivity contribution >= 4 is 38.6 Å². The highest BCUT2D eigenvalue weighted by Gasteiger charge is 2.19. The Morgan fingerprint density at radius 3 is 2.81 bits per heavy atom. The van der Waals surface area contributed by atoms with E-state index in [0.717, 1.165) is 11.3 Å². The van der Waals surface area contributed by atoms with E-state index in [2.05, 4.69) is 15.0 Å². The predicted molar refractivity (Wildman–Crippen MR) is 86.4 cm³/mol. The maximum Gasteiger partial charge on any atom is 0.260 e. The number of nitrogens with zero attached hydrogens (tertiary/aromatic N) is 1. The van der Waals surface area contributed by atoms with Crippen LogP contribution in [0.15, 0.2) is 35.5 Å². The van der Waals surface area contributed by atoms with Crippen LogP contribution in [0, 0.1) is 0 Å². The molecule has 0 atom stereocenters. The van der Waals surface area contributed by atoms with Gasteiger partial charge in [-0.05, 0) is 30.7 Å². The third-order valence-electron chi connectivity index (χ3n) is 2.66. The number of hydrogen-bond donors (Lipinski definition) is 2. The van der Waals surface area contributed by atoms with Gasteiger partial charge in [-0.1, -0.05) is 18.5 Å². The smallest absolute Gasteiger partial charge is 0.260 e. The second kappa shape index (κ2) is 7.22. The van der Waals surface area contributed by atoms with Crippen molar-refractivity contribution in [3.05, 3.63) is 39.7 Å². The fourth-order valence-corrected chi connectivity index (χ4v) is 3.91.